The average Bonchev–Trinajstić information content (AvgIpc) is 3.21. The first-order chi connectivity index (χ1) is 13.1. The molecule has 0 aliphatic heterocycles. The monoisotopic (exact) mass is 386 g/mol. The maximum absolute atomic E-state index is 12.0. The standard InChI is InChI=1S/C23H30O3S/c24-27(25,18-8-13-20-9-2-1-3-10-20)26-17-7-12-21-11-6-16-23(19-21)22-14-4-5-15-22/h1-3,6,9-11,16,19,22H,4-5,7-8,12-15,17-18H2. The lowest BCUT2D eigenvalue weighted by Gasteiger charge is -2.11. The number of aryl methyl sites for hydroxylation is 2. The minimum absolute atomic E-state index is 0.0824. The normalized spacial score (nSPS) is 15.3. The first-order valence-electron chi connectivity index (χ1n) is 10.1. The molecule has 1 saturated carbocycles. The summed E-state index contributed by atoms with van der Waals surface area (Å²) in [5.74, 6) is 0.796. The fraction of sp³-hybridized carbons (Fsp3) is 0.478. The molecule has 0 aromatic heterocycles. The summed E-state index contributed by atoms with van der Waals surface area (Å²) >= 11 is 0. The fourth-order valence-electron chi connectivity index (χ4n) is 3.88. The molecule has 1 aliphatic rings. The predicted octanol–water partition coefficient (Wildman–Crippen LogP) is 5.26. The number of benzene rings is 2. The SMILES string of the molecule is O=S(=O)(CCCc1ccccc1)OCCCc1cccc(C2CCCC2)c1. The van der Waals surface area contributed by atoms with E-state index in [1.807, 2.05) is 30.3 Å². The molecule has 0 unspecified atom stereocenters. The second-order valence-electron chi connectivity index (χ2n) is 7.50. The highest BCUT2D eigenvalue weighted by molar-refractivity contribution is 7.86. The molecule has 2 aromatic carbocycles. The van der Waals surface area contributed by atoms with Crippen LogP contribution in [0.15, 0.2) is 54.6 Å². The summed E-state index contributed by atoms with van der Waals surface area (Å²) in [5.41, 5.74) is 3.89. The fourth-order valence-corrected chi connectivity index (χ4v) is 4.87. The van der Waals surface area contributed by atoms with Crippen molar-refractivity contribution in [3.63, 3.8) is 0 Å². The lowest BCUT2D eigenvalue weighted by atomic mass is 9.95. The topological polar surface area (TPSA) is 43.4 Å². The van der Waals surface area contributed by atoms with Crippen molar-refractivity contribution in [3.05, 3.63) is 71.3 Å². The summed E-state index contributed by atoms with van der Waals surface area (Å²) in [7, 11) is -3.43. The van der Waals surface area contributed by atoms with Gasteiger partial charge in [-0.3, -0.25) is 4.18 Å². The van der Waals surface area contributed by atoms with Gasteiger partial charge in [0.15, 0.2) is 0 Å². The zero-order valence-corrected chi connectivity index (χ0v) is 16.8. The molecule has 27 heavy (non-hydrogen) atoms. The first-order valence-corrected chi connectivity index (χ1v) is 11.7. The van der Waals surface area contributed by atoms with Crippen LogP contribution in [0.25, 0.3) is 0 Å². The average molecular weight is 387 g/mol. The summed E-state index contributed by atoms with van der Waals surface area (Å²) in [6.07, 6.45) is 8.22. The maximum Gasteiger partial charge on any atom is 0.267 e. The smallest absolute Gasteiger partial charge is 0.267 e. The molecule has 4 heteroatoms. The van der Waals surface area contributed by atoms with Crippen molar-refractivity contribution in [2.24, 2.45) is 0 Å². The molecule has 3 nitrogen and oxygen atoms in total. The van der Waals surface area contributed by atoms with E-state index in [1.54, 1.807) is 0 Å². The molecular formula is C23H30O3S. The molecular weight excluding hydrogens is 356 g/mol. The molecule has 0 heterocycles. The molecule has 2 aromatic rings. The van der Waals surface area contributed by atoms with Gasteiger partial charge in [-0.1, -0.05) is 67.4 Å². The highest BCUT2D eigenvalue weighted by atomic mass is 32.2. The summed E-state index contributed by atoms with van der Waals surface area (Å²) in [4.78, 5) is 0. The molecule has 1 aliphatic carbocycles. The van der Waals surface area contributed by atoms with Gasteiger partial charge in [-0.2, -0.15) is 8.42 Å². The van der Waals surface area contributed by atoms with Crippen LogP contribution in [-0.4, -0.2) is 20.8 Å². The highest BCUT2D eigenvalue weighted by Crippen LogP contribution is 2.34. The third-order valence-electron chi connectivity index (χ3n) is 5.35. The van der Waals surface area contributed by atoms with Gasteiger partial charge in [0.1, 0.15) is 0 Å². The third-order valence-corrected chi connectivity index (χ3v) is 6.67. The van der Waals surface area contributed by atoms with Crippen molar-refractivity contribution in [3.8, 4) is 0 Å². The van der Waals surface area contributed by atoms with Crippen molar-refractivity contribution in [2.75, 3.05) is 12.4 Å². The minimum Gasteiger partial charge on any atom is -0.270 e. The molecule has 0 spiro atoms. The zero-order valence-electron chi connectivity index (χ0n) is 16.0. The Labute approximate surface area is 163 Å². The summed E-state index contributed by atoms with van der Waals surface area (Å²) in [6.45, 7) is 0.265. The quantitative estimate of drug-likeness (QED) is 0.413. The molecule has 0 bridgehead atoms. The van der Waals surface area contributed by atoms with Gasteiger partial charge in [-0.05, 0) is 61.1 Å². The van der Waals surface area contributed by atoms with Crippen LogP contribution in [0.3, 0.4) is 0 Å². The van der Waals surface area contributed by atoms with Crippen molar-refractivity contribution in [1.82, 2.24) is 0 Å². The molecule has 3 rings (SSSR count). The lowest BCUT2D eigenvalue weighted by molar-refractivity contribution is 0.312. The highest BCUT2D eigenvalue weighted by Gasteiger charge is 2.17. The van der Waals surface area contributed by atoms with E-state index in [0.717, 1.165) is 24.8 Å². The van der Waals surface area contributed by atoms with Gasteiger partial charge in [0.25, 0.3) is 10.1 Å². The van der Waals surface area contributed by atoms with Gasteiger partial charge in [0, 0.05) is 0 Å². The van der Waals surface area contributed by atoms with Crippen LogP contribution >= 0.6 is 0 Å². The summed E-state index contributed by atoms with van der Waals surface area (Å²) < 4.78 is 29.3. The first kappa shape index (κ1) is 20.1. The van der Waals surface area contributed by atoms with Crippen LogP contribution < -0.4 is 0 Å². The largest absolute Gasteiger partial charge is 0.270 e. The van der Waals surface area contributed by atoms with Crippen molar-refractivity contribution >= 4 is 10.1 Å². The van der Waals surface area contributed by atoms with E-state index in [9.17, 15) is 8.42 Å². The van der Waals surface area contributed by atoms with Crippen LogP contribution in [-0.2, 0) is 27.1 Å². The van der Waals surface area contributed by atoms with E-state index >= 15 is 0 Å². The number of hydrogen-bond donors (Lipinski definition) is 0. The minimum atomic E-state index is -3.43. The van der Waals surface area contributed by atoms with Gasteiger partial charge >= 0.3 is 0 Å². The van der Waals surface area contributed by atoms with E-state index in [4.69, 9.17) is 4.18 Å². The van der Waals surface area contributed by atoms with E-state index < -0.39 is 10.1 Å². The van der Waals surface area contributed by atoms with Crippen molar-refractivity contribution in [1.29, 1.82) is 0 Å². The zero-order chi connectivity index (χ0) is 19.0. The van der Waals surface area contributed by atoms with E-state index in [0.29, 0.717) is 12.3 Å². The Bertz CT molecular complexity index is 793. The summed E-state index contributed by atoms with van der Waals surface area (Å²) in [6, 6.07) is 18.7. The number of hydrogen-bond acceptors (Lipinski definition) is 3. The third kappa shape index (κ3) is 6.78. The molecule has 0 atom stereocenters. The Kier molecular flexibility index (Phi) is 7.48. The van der Waals surface area contributed by atoms with Crippen LogP contribution in [0, 0.1) is 0 Å². The molecule has 146 valence electrons. The van der Waals surface area contributed by atoms with E-state index in [1.165, 1.54) is 36.8 Å². The Morgan fingerprint density at radius 2 is 1.56 bits per heavy atom. The lowest BCUT2D eigenvalue weighted by Crippen LogP contribution is -2.12. The molecule has 1 fully saturated rings. The van der Waals surface area contributed by atoms with Gasteiger partial charge in [0.2, 0.25) is 0 Å². The van der Waals surface area contributed by atoms with Gasteiger partial charge in [-0.15, -0.1) is 0 Å². The van der Waals surface area contributed by atoms with Gasteiger partial charge in [0.05, 0.1) is 12.4 Å². The van der Waals surface area contributed by atoms with Crippen LogP contribution in [0.5, 0.6) is 0 Å². The van der Waals surface area contributed by atoms with Crippen LogP contribution in [0.1, 0.15) is 61.1 Å². The van der Waals surface area contributed by atoms with Gasteiger partial charge in [-0.25, -0.2) is 0 Å². The Balaban J connectivity index is 1.37. The van der Waals surface area contributed by atoms with Crippen molar-refractivity contribution in [2.45, 2.75) is 57.3 Å². The Hall–Kier alpha value is -1.65. The molecule has 0 amide bonds. The molecule has 0 N–H and O–H groups in total. The van der Waals surface area contributed by atoms with Gasteiger partial charge < -0.3 is 0 Å². The second-order valence-corrected chi connectivity index (χ2v) is 9.26. The van der Waals surface area contributed by atoms with Crippen LogP contribution in [0.2, 0.25) is 0 Å². The van der Waals surface area contributed by atoms with E-state index in [2.05, 4.69) is 24.3 Å². The second kappa shape index (κ2) is 10.0. The van der Waals surface area contributed by atoms with Crippen LogP contribution in [0.4, 0.5) is 0 Å². The van der Waals surface area contributed by atoms with Crippen molar-refractivity contribution < 1.29 is 12.6 Å². The Morgan fingerprint density at radius 3 is 2.33 bits per heavy atom. The number of rotatable bonds is 10. The summed E-state index contributed by atoms with van der Waals surface area (Å²) in [5, 5.41) is 0. The predicted molar refractivity (Wildman–Crippen MR) is 110 cm³/mol. The van der Waals surface area contributed by atoms with E-state index in [-0.39, 0.29) is 12.4 Å². The maximum atomic E-state index is 12.0. The molecule has 0 radical (unpaired) electrons. The molecule has 0 saturated heterocycles. The Morgan fingerprint density at radius 1 is 0.852 bits per heavy atom.